The van der Waals surface area contributed by atoms with Gasteiger partial charge in [-0.1, -0.05) is 18.9 Å². The van der Waals surface area contributed by atoms with E-state index in [1.54, 1.807) is 0 Å². The van der Waals surface area contributed by atoms with Gasteiger partial charge in [0.2, 0.25) is 11.8 Å². The standard InChI is InChI=1S/C18H24N2O2/c1-12-7-8-15(9-13(12)2)19-18(22)14-10-17(21)20(11-14)16-5-3-4-6-16/h7-9,14,16H,3-6,10-11H2,1-2H3,(H,19,22). The van der Waals surface area contributed by atoms with Gasteiger partial charge in [0.05, 0.1) is 5.92 Å². The predicted molar refractivity (Wildman–Crippen MR) is 86.6 cm³/mol. The number of benzene rings is 1. The van der Waals surface area contributed by atoms with Crippen LogP contribution in [0.15, 0.2) is 18.2 Å². The Morgan fingerprint density at radius 1 is 1.18 bits per heavy atom. The minimum absolute atomic E-state index is 0.0305. The van der Waals surface area contributed by atoms with Gasteiger partial charge in [0.15, 0.2) is 0 Å². The number of carbonyl (C=O) groups excluding carboxylic acids is 2. The van der Waals surface area contributed by atoms with Gasteiger partial charge in [-0.05, 0) is 49.9 Å². The van der Waals surface area contributed by atoms with E-state index in [4.69, 9.17) is 0 Å². The number of hydrogen-bond donors (Lipinski definition) is 1. The molecule has 0 spiro atoms. The third-order valence-corrected chi connectivity index (χ3v) is 5.07. The fraction of sp³-hybridized carbons (Fsp3) is 0.556. The molecule has 0 bridgehead atoms. The van der Waals surface area contributed by atoms with Crippen molar-refractivity contribution in [2.75, 3.05) is 11.9 Å². The van der Waals surface area contributed by atoms with Crippen LogP contribution in [-0.2, 0) is 9.59 Å². The minimum atomic E-state index is -0.213. The number of hydrogen-bond acceptors (Lipinski definition) is 2. The van der Waals surface area contributed by atoms with Crippen molar-refractivity contribution in [3.8, 4) is 0 Å². The summed E-state index contributed by atoms with van der Waals surface area (Å²) in [5.41, 5.74) is 3.19. The van der Waals surface area contributed by atoms with Crippen LogP contribution in [0.4, 0.5) is 5.69 Å². The Morgan fingerprint density at radius 2 is 1.91 bits per heavy atom. The molecule has 1 saturated heterocycles. The van der Waals surface area contributed by atoms with Gasteiger partial charge in [0.25, 0.3) is 0 Å². The Morgan fingerprint density at radius 3 is 2.59 bits per heavy atom. The molecule has 1 N–H and O–H groups in total. The Hall–Kier alpha value is -1.84. The molecule has 1 unspecified atom stereocenters. The fourth-order valence-corrected chi connectivity index (χ4v) is 3.54. The molecule has 2 amide bonds. The van der Waals surface area contributed by atoms with Crippen molar-refractivity contribution in [2.24, 2.45) is 5.92 Å². The van der Waals surface area contributed by atoms with Crippen LogP contribution in [0, 0.1) is 19.8 Å². The molecule has 118 valence electrons. The van der Waals surface area contributed by atoms with Gasteiger partial charge in [0.1, 0.15) is 0 Å². The molecule has 1 aliphatic carbocycles. The molecule has 0 radical (unpaired) electrons. The van der Waals surface area contributed by atoms with Crippen molar-refractivity contribution in [3.63, 3.8) is 0 Å². The molecule has 4 nitrogen and oxygen atoms in total. The second-order valence-electron chi connectivity index (χ2n) is 6.67. The lowest BCUT2D eigenvalue weighted by molar-refractivity contribution is -0.129. The van der Waals surface area contributed by atoms with Crippen molar-refractivity contribution < 1.29 is 9.59 Å². The molecule has 1 aromatic carbocycles. The van der Waals surface area contributed by atoms with E-state index in [-0.39, 0.29) is 17.7 Å². The summed E-state index contributed by atoms with van der Waals surface area (Å²) < 4.78 is 0. The molecule has 0 aromatic heterocycles. The summed E-state index contributed by atoms with van der Waals surface area (Å²) in [5.74, 6) is -0.0982. The molecule has 1 aromatic rings. The van der Waals surface area contributed by atoms with E-state index in [0.717, 1.165) is 24.1 Å². The molecule has 22 heavy (non-hydrogen) atoms. The van der Waals surface area contributed by atoms with Crippen LogP contribution in [0.25, 0.3) is 0 Å². The molecule has 1 atom stereocenters. The van der Waals surface area contributed by atoms with Crippen LogP contribution < -0.4 is 5.32 Å². The van der Waals surface area contributed by atoms with E-state index in [0.29, 0.717) is 19.0 Å². The monoisotopic (exact) mass is 300 g/mol. The highest BCUT2D eigenvalue weighted by atomic mass is 16.2. The lowest BCUT2D eigenvalue weighted by Crippen LogP contribution is -2.35. The molecular formula is C18H24N2O2. The fourth-order valence-electron chi connectivity index (χ4n) is 3.54. The van der Waals surface area contributed by atoms with Crippen molar-refractivity contribution in [2.45, 2.75) is 52.0 Å². The summed E-state index contributed by atoms with van der Waals surface area (Å²) in [7, 11) is 0. The first-order valence-corrected chi connectivity index (χ1v) is 8.22. The Kier molecular flexibility index (Phi) is 4.19. The van der Waals surface area contributed by atoms with Gasteiger partial charge in [-0.25, -0.2) is 0 Å². The largest absolute Gasteiger partial charge is 0.339 e. The van der Waals surface area contributed by atoms with Crippen molar-refractivity contribution in [1.82, 2.24) is 4.90 Å². The highest BCUT2D eigenvalue weighted by Crippen LogP contribution is 2.30. The summed E-state index contributed by atoms with van der Waals surface area (Å²) >= 11 is 0. The number of anilines is 1. The highest BCUT2D eigenvalue weighted by Gasteiger charge is 2.38. The molecule has 3 rings (SSSR count). The van der Waals surface area contributed by atoms with E-state index in [1.807, 2.05) is 30.0 Å². The lowest BCUT2D eigenvalue weighted by Gasteiger charge is -2.23. The maximum atomic E-state index is 12.4. The van der Waals surface area contributed by atoms with Gasteiger partial charge in [0, 0.05) is 24.7 Å². The van der Waals surface area contributed by atoms with Gasteiger partial charge < -0.3 is 10.2 Å². The zero-order chi connectivity index (χ0) is 15.7. The second-order valence-corrected chi connectivity index (χ2v) is 6.67. The van der Waals surface area contributed by atoms with Crippen molar-refractivity contribution in [3.05, 3.63) is 29.3 Å². The predicted octanol–water partition coefficient (Wildman–Crippen LogP) is 3.03. The number of nitrogens with one attached hydrogen (secondary N) is 1. The first-order chi connectivity index (χ1) is 10.5. The number of carbonyl (C=O) groups is 2. The highest BCUT2D eigenvalue weighted by molar-refractivity contribution is 5.97. The van der Waals surface area contributed by atoms with Crippen molar-refractivity contribution in [1.29, 1.82) is 0 Å². The Labute approximate surface area is 131 Å². The first-order valence-electron chi connectivity index (χ1n) is 8.22. The van der Waals surface area contributed by atoms with Crippen LogP contribution in [0.5, 0.6) is 0 Å². The summed E-state index contributed by atoms with van der Waals surface area (Å²) in [6.45, 7) is 4.67. The third-order valence-electron chi connectivity index (χ3n) is 5.07. The van der Waals surface area contributed by atoms with Crippen molar-refractivity contribution >= 4 is 17.5 Å². The summed E-state index contributed by atoms with van der Waals surface area (Å²) in [6.07, 6.45) is 4.95. The Balaban J connectivity index is 1.63. The summed E-state index contributed by atoms with van der Waals surface area (Å²) in [5, 5.41) is 2.97. The number of aryl methyl sites for hydroxylation is 2. The average Bonchev–Trinajstić information content (AvgIpc) is 3.12. The zero-order valence-electron chi connectivity index (χ0n) is 13.4. The third kappa shape index (κ3) is 3.01. The van der Waals surface area contributed by atoms with E-state index >= 15 is 0 Å². The maximum absolute atomic E-state index is 12.4. The average molecular weight is 300 g/mol. The topological polar surface area (TPSA) is 49.4 Å². The SMILES string of the molecule is Cc1ccc(NC(=O)C2CC(=O)N(C3CCCC3)C2)cc1C. The first kappa shape index (κ1) is 15.1. The molecule has 1 aliphatic heterocycles. The zero-order valence-corrected chi connectivity index (χ0v) is 13.4. The van der Waals surface area contributed by atoms with Gasteiger partial charge in [-0.2, -0.15) is 0 Å². The molecule has 2 fully saturated rings. The lowest BCUT2D eigenvalue weighted by atomic mass is 10.1. The quantitative estimate of drug-likeness (QED) is 0.933. The normalized spacial score (nSPS) is 22.4. The molecule has 1 heterocycles. The number of nitrogens with zero attached hydrogens (tertiary/aromatic N) is 1. The van der Waals surface area contributed by atoms with E-state index in [1.165, 1.54) is 18.4 Å². The minimum Gasteiger partial charge on any atom is -0.339 e. The van der Waals surface area contributed by atoms with Crippen LogP contribution in [0.2, 0.25) is 0 Å². The van der Waals surface area contributed by atoms with Crippen LogP contribution in [-0.4, -0.2) is 29.3 Å². The number of rotatable bonds is 3. The molecular weight excluding hydrogens is 276 g/mol. The van der Waals surface area contributed by atoms with Crippen LogP contribution in [0.3, 0.4) is 0 Å². The molecule has 4 heteroatoms. The van der Waals surface area contributed by atoms with Crippen LogP contribution in [0.1, 0.15) is 43.2 Å². The van der Waals surface area contributed by atoms with E-state index < -0.39 is 0 Å². The van der Waals surface area contributed by atoms with Gasteiger partial charge in [-0.15, -0.1) is 0 Å². The summed E-state index contributed by atoms with van der Waals surface area (Å²) in [4.78, 5) is 26.5. The molecule has 2 aliphatic rings. The maximum Gasteiger partial charge on any atom is 0.229 e. The van der Waals surface area contributed by atoms with Gasteiger partial charge >= 0.3 is 0 Å². The smallest absolute Gasteiger partial charge is 0.229 e. The van der Waals surface area contributed by atoms with E-state index in [9.17, 15) is 9.59 Å². The number of amides is 2. The molecule has 1 saturated carbocycles. The van der Waals surface area contributed by atoms with Crippen LogP contribution >= 0.6 is 0 Å². The second kappa shape index (κ2) is 6.11. The van der Waals surface area contributed by atoms with Gasteiger partial charge in [-0.3, -0.25) is 9.59 Å². The summed E-state index contributed by atoms with van der Waals surface area (Å²) in [6, 6.07) is 6.28. The number of likely N-dealkylation sites (tertiary alicyclic amines) is 1. The van der Waals surface area contributed by atoms with E-state index in [2.05, 4.69) is 12.2 Å². The Bertz CT molecular complexity index is 591.